The summed E-state index contributed by atoms with van der Waals surface area (Å²) in [4.78, 5) is 0. The minimum absolute atomic E-state index is 0.0635. The highest BCUT2D eigenvalue weighted by Crippen LogP contribution is 2.47. The van der Waals surface area contributed by atoms with Gasteiger partial charge in [0.15, 0.2) is 11.6 Å². The molecule has 0 heterocycles. The van der Waals surface area contributed by atoms with Crippen molar-refractivity contribution in [2.24, 2.45) is 17.8 Å². The number of hydrogen-bond acceptors (Lipinski definition) is 1. The maximum atomic E-state index is 14.5. The molecule has 3 aromatic rings. The van der Waals surface area contributed by atoms with Crippen LogP contribution < -0.4 is 4.74 Å². The molecule has 2 fully saturated rings. The molecule has 4 atom stereocenters. The molecular weight excluding hydrogens is 474 g/mol. The third kappa shape index (κ3) is 6.14. The van der Waals surface area contributed by atoms with E-state index in [-0.39, 0.29) is 5.75 Å². The van der Waals surface area contributed by atoms with E-state index in [2.05, 4.69) is 55.5 Å². The summed E-state index contributed by atoms with van der Waals surface area (Å²) in [7, 11) is 0. The number of halogens is 2. The monoisotopic (exact) mass is 516 g/mol. The Balaban J connectivity index is 1.13. The predicted molar refractivity (Wildman–Crippen MR) is 153 cm³/mol. The van der Waals surface area contributed by atoms with Gasteiger partial charge in [-0.2, -0.15) is 4.39 Å². The van der Waals surface area contributed by atoms with Crippen molar-refractivity contribution in [2.75, 3.05) is 6.61 Å². The Kier molecular flexibility index (Phi) is 8.82. The fraction of sp³-hybridized carbons (Fsp3) is 0.486. The molecule has 4 unspecified atom stereocenters. The summed E-state index contributed by atoms with van der Waals surface area (Å²) in [6.07, 6.45) is 10.9. The molecule has 0 bridgehead atoms. The summed E-state index contributed by atoms with van der Waals surface area (Å²) in [5.41, 5.74) is 5.91. The Morgan fingerprint density at radius 1 is 0.684 bits per heavy atom. The molecule has 2 saturated carbocycles. The number of benzene rings is 3. The van der Waals surface area contributed by atoms with Gasteiger partial charge in [0.25, 0.3) is 0 Å². The van der Waals surface area contributed by atoms with Crippen molar-refractivity contribution < 1.29 is 13.5 Å². The lowest BCUT2D eigenvalue weighted by Gasteiger charge is -2.42. The molecule has 0 aromatic heterocycles. The highest BCUT2D eigenvalue weighted by atomic mass is 19.2. The molecular formula is C35H42F2O. The lowest BCUT2D eigenvalue weighted by molar-refractivity contribution is 0.0902. The van der Waals surface area contributed by atoms with Crippen LogP contribution in [0.1, 0.15) is 87.8 Å². The molecule has 0 amide bonds. The average Bonchev–Trinajstić information content (AvgIpc) is 2.95. The second-order valence-corrected chi connectivity index (χ2v) is 11.7. The molecule has 0 saturated heterocycles. The van der Waals surface area contributed by atoms with E-state index in [0.29, 0.717) is 30.4 Å². The van der Waals surface area contributed by atoms with Gasteiger partial charge < -0.3 is 4.74 Å². The van der Waals surface area contributed by atoms with E-state index in [1.165, 1.54) is 54.4 Å². The predicted octanol–water partition coefficient (Wildman–Crippen LogP) is 9.92. The standard InChI is InChI=1S/C35H42F2O/c1-3-5-24-7-10-26(11-8-24)27-13-15-28(16-14-27)31-18-17-30-21-25(9-12-32(30)22-31)23-38-33-20-19-29(6-4-2)34(36)35(33)37/h7-8,10-11,13-16,19-20,25,30-32H,3-6,9,12,17-18,21-23H2,1-2H3. The van der Waals surface area contributed by atoms with Crippen LogP contribution in [0.3, 0.4) is 0 Å². The van der Waals surface area contributed by atoms with Crippen molar-refractivity contribution in [1.29, 1.82) is 0 Å². The molecule has 0 radical (unpaired) electrons. The Morgan fingerprint density at radius 3 is 2.05 bits per heavy atom. The largest absolute Gasteiger partial charge is 0.490 e. The average molecular weight is 517 g/mol. The van der Waals surface area contributed by atoms with E-state index in [9.17, 15) is 8.78 Å². The van der Waals surface area contributed by atoms with E-state index in [1.807, 2.05) is 6.92 Å². The van der Waals surface area contributed by atoms with E-state index < -0.39 is 11.6 Å². The number of rotatable bonds is 9. The van der Waals surface area contributed by atoms with Crippen LogP contribution in [-0.4, -0.2) is 6.61 Å². The minimum Gasteiger partial charge on any atom is -0.490 e. The van der Waals surface area contributed by atoms with Gasteiger partial charge in [0.05, 0.1) is 6.61 Å². The second kappa shape index (κ2) is 12.5. The fourth-order valence-corrected chi connectivity index (χ4v) is 6.89. The zero-order chi connectivity index (χ0) is 26.5. The third-order valence-electron chi connectivity index (χ3n) is 9.05. The summed E-state index contributed by atoms with van der Waals surface area (Å²) in [5, 5.41) is 0. The molecule has 3 heteroatoms. The highest BCUT2D eigenvalue weighted by molar-refractivity contribution is 5.64. The number of aryl methyl sites for hydroxylation is 2. The van der Waals surface area contributed by atoms with Gasteiger partial charge in [0, 0.05) is 0 Å². The first-order valence-corrected chi connectivity index (χ1v) is 14.8. The van der Waals surface area contributed by atoms with Crippen molar-refractivity contribution in [3.8, 4) is 16.9 Å². The molecule has 202 valence electrons. The van der Waals surface area contributed by atoms with Gasteiger partial charge in [-0.1, -0.05) is 81.3 Å². The van der Waals surface area contributed by atoms with Gasteiger partial charge in [-0.15, -0.1) is 0 Å². The highest BCUT2D eigenvalue weighted by Gasteiger charge is 2.36. The Labute approximate surface area is 227 Å². The summed E-state index contributed by atoms with van der Waals surface area (Å²) in [5.74, 6) is 1.04. The van der Waals surface area contributed by atoms with E-state index >= 15 is 0 Å². The molecule has 2 aliphatic carbocycles. The third-order valence-corrected chi connectivity index (χ3v) is 9.05. The SMILES string of the molecule is CCCc1ccc(-c2ccc(C3CCC4CC(COc5ccc(CCC)c(F)c5F)CCC4C3)cc2)cc1. The smallest absolute Gasteiger partial charge is 0.200 e. The van der Waals surface area contributed by atoms with Gasteiger partial charge in [-0.25, -0.2) is 4.39 Å². The van der Waals surface area contributed by atoms with E-state index in [4.69, 9.17) is 4.74 Å². The molecule has 5 rings (SSSR count). The van der Waals surface area contributed by atoms with Gasteiger partial charge in [-0.05, 0) is 109 Å². The molecule has 2 aliphatic rings. The zero-order valence-electron chi connectivity index (χ0n) is 23.0. The van der Waals surface area contributed by atoms with Gasteiger partial charge in [0.2, 0.25) is 5.82 Å². The topological polar surface area (TPSA) is 9.23 Å². The molecule has 0 spiro atoms. The van der Waals surface area contributed by atoms with Crippen LogP contribution in [0.15, 0.2) is 60.7 Å². The Hall–Kier alpha value is -2.68. The second-order valence-electron chi connectivity index (χ2n) is 11.7. The summed E-state index contributed by atoms with van der Waals surface area (Å²) in [6.45, 7) is 4.67. The Bertz CT molecular complexity index is 1180. The van der Waals surface area contributed by atoms with E-state index in [0.717, 1.165) is 37.5 Å². The van der Waals surface area contributed by atoms with Crippen LogP contribution in [0.25, 0.3) is 11.1 Å². The number of hydrogen-bond donors (Lipinski definition) is 0. The maximum Gasteiger partial charge on any atom is 0.200 e. The van der Waals surface area contributed by atoms with Crippen molar-refractivity contribution in [2.45, 2.75) is 84.0 Å². The van der Waals surface area contributed by atoms with Crippen LogP contribution >= 0.6 is 0 Å². The van der Waals surface area contributed by atoms with Crippen LogP contribution in [-0.2, 0) is 12.8 Å². The molecule has 1 nitrogen and oxygen atoms in total. The van der Waals surface area contributed by atoms with E-state index in [1.54, 1.807) is 12.1 Å². The van der Waals surface area contributed by atoms with Crippen LogP contribution in [0.2, 0.25) is 0 Å². The molecule has 0 aliphatic heterocycles. The van der Waals surface area contributed by atoms with Crippen LogP contribution in [0, 0.1) is 29.4 Å². The van der Waals surface area contributed by atoms with Gasteiger partial charge in [-0.3, -0.25) is 0 Å². The van der Waals surface area contributed by atoms with Gasteiger partial charge >= 0.3 is 0 Å². The quantitative estimate of drug-likeness (QED) is 0.275. The lowest BCUT2D eigenvalue weighted by Crippen LogP contribution is -2.32. The van der Waals surface area contributed by atoms with Crippen molar-refractivity contribution in [3.63, 3.8) is 0 Å². The molecule has 0 N–H and O–H groups in total. The normalized spacial score (nSPS) is 23.2. The first-order valence-electron chi connectivity index (χ1n) is 14.8. The van der Waals surface area contributed by atoms with Crippen molar-refractivity contribution >= 4 is 0 Å². The summed E-state index contributed by atoms with van der Waals surface area (Å²) >= 11 is 0. The first kappa shape index (κ1) is 26.9. The Morgan fingerprint density at radius 2 is 1.34 bits per heavy atom. The zero-order valence-corrected chi connectivity index (χ0v) is 23.0. The summed E-state index contributed by atoms with van der Waals surface area (Å²) in [6, 6.07) is 21.6. The summed E-state index contributed by atoms with van der Waals surface area (Å²) < 4.78 is 34.6. The van der Waals surface area contributed by atoms with Gasteiger partial charge in [0.1, 0.15) is 0 Å². The minimum atomic E-state index is -0.829. The molecule has 38 heavy (non-hydrogen) atoms. The maximum absolute atomic E-state index is 14.5. The molecule has 3 aromatic carbocycles. The first-order chi connectivity index (χ1) is 18.6. The lowest BCUT2D eigenvalue weighted by atomic mass is 9.64. The van der Waals surface area contributed by atoms with Crippen LogP contribution in [0.4, 0.5) is 8.78 Å². The number of ether oxygens (including phenoxy) is 1. The van der Waals surface area contributed by atoms with Crippen LogP contribution in [0.5, 0.6) is 5.75 Å². The number of fused-ring (bicyclic) bond motifs is 1. The fourth-order valence-electron chi connectivity index (χ4n) is 6.89. The van der Waals surface area contributed by atoms with Crippen molar-refractivity contribution in [3.05, 3.63) is 89.0 Å². The van der Waals surface area contributed by atoms with Crippen molar-refractivity contribution in [1.82, 2.24) is 0 Å².